The van der Waals surface area contributed by atoms with Crippen LogP contribution in [0, 0.1) is 45.8 Å². The van der Waals surface area contributed by atoms with Gasteiger partial charge in [-0.2, -0.15) is 0 Å². The summed E-state index contributed by atoms with van der Waals surface area (Å²) in [7, 11) is 0. The number of hydrogen-bond donors (Lipinski definition) is 0. The summed E-state index contributed by atoms with van der Waals surface area (Å²) in [6.07, 6.45) is 11.2. The van der Waals surface area contributed by atoms with Gasteiger partial charge in [0, 0.05) is 43.9 Å². The van der Waals surface area contributed by atoms with Crippen molar-refractivity contribution in [3.05, 3.63) is 47.5 Å². The second-order valence-electron chi connectivity index (χ2n) is 17.4. The minimum Gasteiger partial charge on any atom is -0.460 e. The van der Waals surface area contributed by atoms with Crippen LogP contribution in [0.5, 0.6) is 0 Å². The SMILES string of the molecule is CC(C)C1=CC2CC3(C=O)[C@@H]4CC[C@@H](C)[C@H]4CC2(C2CCC(CN4CCC(N5CCC(F)(F)CC5)CC4)O2)C13C(=O)OCc1ccccc1. The third kappa shape index (κ3) is 5.07. The van der Waals surface area contributed by atoms with Crippen molar-refractivity contribution >= 4 is 12.3 Å². The number of nitrogens with zero attached hydrogens (tertiary/aromatic N) is 2. The predicted octanol–water partition coefficient (Wildman–Crippen LogP) is 7.31. The van der Waals surface area contributed by atoms with Gasteiger partial charge in [0.05, 0.1) is 17.6 Å². The molecular weight excluding hydrogens is 622 g/mol. The van der Waals surface area contributed by atoms with Crippen LogP contribution < -0.4 is 0 Å². The number of ether oxygens (including phenoxy) is 2. The summed E-state index contributed by atoms with van der Waals surface area (Å²) in [4.78, 5) is 33.9. The molecule has 0 amide bonds. The highest BCUT2D eigenvalue weighted by Crippen LogP contribution is 2.84. The fourth-order valence-corrected chi connectivity index (χ4v) is 12.9. The molecule has 3 saturated heterocycles. The largest absolute Gasteiger partial charge is 0.460 e. The van der Waals surface area contributed by atoms with Crippen molar-refractivity contribution in [1.82, 2.24) is 9.80 Å². The molecule has 3 heterocycles. The zero-order valence-electron chi connectivity index (χ0n) is 29.8. The van der Waals surface area contributed by atoms with Gasteiger partial charge in [-0.3, -0.25) is 9.69 Å². The summed E-state index contributed by atoms with van der Waals surface area (Å²) in [5, 5.41) is 0. The van der Waals surface area contributed by atoms with E-state index in [9.17, 15) is 13.6 Å². The van der Waals surface area contributed by atoms with E-state index in [1.165, 1.54) is 6.29 Å². The maximum Gasteiger partial charge on any atom is 0.318 e. The lowest BCUT2D eigenvalue weighted by Gasteiger charge is -2.60. The maximum atomic E-state index is 15.2. The molecule has 9 atom stereocenters. The molecule has 4 bridgehead atoms. The van der Waals surface area contributed by atoms with E-state index in [-0.39, 0.29) is 55.4 Å². The van der Waals surface area contributed by atoms with E-state index in [2.05, 4.69) is 36.6 Å². The van der Waals surface area contributed by atoms with Gasteiger partial charge in [-0.15, -0.1) is 0 Å². The van der Waals surface area contributed by atoms with Gasteiger partial charge in [-0.25, -0.2) is 8.78 Å². The Balaban J connectivity index is 1.05. The van der Waals surface area contributed by atoms with E-state index >= 15 is 4.79 Å². The van der Waals surface area contributed by atoms with Crippen LogP contribution in [-0.4, -0.2) is 79.0 Å². The number of likely N-dealkylation sites (tertiary alicyclic amines) is 2. The second kappa shape index (κ2) is 12.5. The highest BCUT2D eigenvalue weighted by molar-refractivity contribution is 5.92. The summed E-state index contributed by atoms with van der Waals surface area (Å²) in [6.45, 7) is 10.7. The van der Waals surface area contributed by atoms with Crippen molar-refractivity contribution < 1.29 is 27.8 Å². The molecule has 1 aromatic carbocycles. The number of alkyl halides is 2. The second-order valence-corrected chi connectivity index (χ2v) is 17.4. The number of hydrogen-bond acceptors (Lipinski definition) is 6. The van der Waals surface area contributed by atoms with Gasteiger partial charge >= 0.3 is 5.97 Å². The Kier molecular flexibility index (Phi) is 8.67. The third-order valence-corrected chi connectivity index (χ3v) is 14.9. The minimum atomic E-state index is -2.51. The summed E-state index contributed by atoms with van der Waals surface area (Å²) in [5.41, 5.74) is -0.185. The van der Waals surface area contributed by atoms with Crippen LogP contribution in [0.2, 0.25) is 0 Å². The highest BCUT2D eigenvalue weighted by atomic mass is 19.3. The molecule has 268 valence electrons. The highest BCUT2D eigenvalue weighted by Gasteiger charge is 2.86. The minimum absolute atomic E-state index is 0.0201. The Morgan fingerprint density at radius 2 is 1.73 bits per heavy atom. The molecule has 0 aromatic heterocycles. The van der Waals surface area contributed by atoms with E-state index in [1.54, 1.807) is 0 Å². The molecule has 4 aliphatic carbocycles. The van der Waals surface area contributed by atoms with Crippen LogP contribution in [0.15, 0.2) is 42.0 Å². The Morgan fingerprint density at radius 3 is 2.43 bits per heavy atom. The first-order valence-corrected chi connectivity index (χ1v) is 19.4. The molecule has 8 heteroatoms. The van der Waals surface area contributed by atoms with Crippen molar-refractivity contribution in [3.63, 3.8) is 0 Å². The summed E-state index contributed by atoms with van der Waals surface area (Å²) in [6, 6.07) is 10.3. The molecule has 7 aliphatic rings. The molecule has 6 fully saturated rings. The number of allylic oxidation sites excluding steroid dienone is 1. The zero-order chi connectivity index (χ0) is 34.2. The van der Waals surface area contributed by atoms with Crippen LogP contribution in [0.3, 0.4) is 0 Å². The van der Waals surface area contributed by atoms with Gasteiger partial charge in [-0.05, 0) is 93.2 Å². The molecule has 8 rings (SSSR count). The van der Waals surface area contributed by atoms with Crippen LogP contribution in [-0.2, 0) is 25.7 Å². The smallest absolute Gasteiger partial charge is 0.318 e. The van der Waals surface area contributed by atoms with E-state index < -0.39 is 22.2 Å². The number of esters is 1. The quantitative estimate of drug-likeness (QED) is 0.155. The number of benzene rings is 1. The van der Waals surface area contributed by atoms with Gasteiger partial charge in [0.1, 0.15) is 18.3 Å². The lowest BCUT2D eigenvalue weighted by atomic mass is 9.41. The van der Waals surface area contributed by atoms with Gasteiger partial charge in [0.25, 0.3) is 5.92 Å². The number of halogens is 2. The lowest BCUT2D eigenvalue weighted by molar-refractivity contribution is -0.203. The Bertz CT molecular complexity index is 1430. The molecule has 3 aliphatic heterocycles. The van der Waals surface area contributed by atoms with Gasteiger partial charge in [0.2, 0.25) is 0 Å². The number of piperidine rings is 2. The van der Waals surface area contributed by atoms with E-state index in [0.717, 1.165) is 82.1 Å². The molecule has 0 spiro atoms. The van der Waals surface area contributed by atoms with Crippen LogP contribution >= 0.6 is 0 Å². The molecule has 6 unspecified atom stereocenters. The van der Waals surface area contributed by atoms with Crippen molar-refractivity contribution in [2.75, 3.05) is 32.7 Å². The summed E-state index contributed by atoms with van der Waals surface area (Å²) >= 11 is 0. The number of carbonyl (C=O) groups is 2. The van der Waals surface area contributed by atoms with Crippen molar-refractivity contribution in [3.8, 4) is 0 Å². The first-order chi connectivity index (χ1) is 23.5. The van der Waals surface area contributed by atoms with Crippen LogP contribution in [0.4, 0.5) is 8.78 Å². The summed E-state index contributed by atoms with van der Waals surface area (Å²) in [5.74, 6) is -1.36. The average molecular weight is 679 g/mol. The number of fused-ring (bicyclic) bond motifs is 2. The van der Waals surface area contributed by atoms with Crippen molar-refractivity contribution in [1.29, 1.82) is 0 Å². The molecule has 6 nitrogen and oxygen atoms in total. The zero-order valence-corrected chi connectivity index (χ0v) is 29.8. The Labute approximate surface area is 291 Å². The predicted molar refractivity (Wildman–Crippen MR) is 184 cm³/mol. The standard InChI is InChI=1S/C41H56F2N2O4/c1-27(2)35-21-30-22-38(26-46)34-11-9-28(3)33(34)23-40(30,41(35,38)37(47)48-25-29-7-5-4-6-8-29)36-12-10-32(49-36)24-44-17-13-31(14-18-44)45-19-15-39(42,43)16-20-45/h4-8,21,26-28,30-34,36H,9-20,22-25H2,1-3H3/t28-,30?,32?,33-,34-,36?,38?,40?,41?/m1/s1. The number of rotatable bonds is 9. The molecule has 0 radical (unpaired) electrons. The molecule has 3 saturated carbocycles. The summed E-state index contributed by atoms with van der Waals surface area (Å²) < 4.78 is 41.2. The normalized spacial score (nSPS) is 42.0. The number of aldehydes is 1. The van der Waals surface area contributed by atoms with E-state index in [1.807, 2.05) is 30.3 Å². The monoisotopic (exact) mass is 678 g/mol. The van der Waals surface area contributed by atoms with Gasteiger partial charge in [0.15, 0.2) is 0 Å². The van der Waals surface area contributed by atoms with Gasteiger partial charge < -0.3 is 19.2 Å². The van der Waals surface area contributed by atoms with Crippen molar-refractivity contribution in [2.24, 2.45) is 45.8 Å². The fourth-order valence-electron chi connectivity index (χ4n) is 12.9. The Morgan fingerprint density at radius 1 is 1.00 bits per heavy atom. The van der Waals surface area contributed by atoms with E-state index in [0.29, 0.717) is 31.0 Å². The maximum absolute atomic E-state index is 15.2. The number of carbonyl (C=O) groups excluding carboxylic acids is 2. The van der Waals surface area contributed by atoms with Crippen LogP contribution in [0.25, 0.3) is 0 Å². The first-order valence-electron chi connectivity index (χ1n) is 19.4. The molecule has 49 heavy (non-hydrogen) atoms. The fraction of sp³-hybridized carbons (Fsp3) is 0.756. The van der Waals surface area contributed by atoms with E-state index in [4.69, 9.17) is 9.47 Å². The van der Waals surface area contributed by atoms with Crippen LogP contribution in [0.1, 0.15) is 90.5 Å². The first kappa shape index (κ1) is 34.0. The average Bonchev–Trinajstić information content (AvgIpc) is 3.83. The molecular formula is C41H56F2N2O4. The topological polar surface area (TPSA) is 59.1 Å². The lowest BCUT2D eigenvalue weighted by Crippen LogP contribution is -2.65. The van der Waals surface area contributed by atoms with Crippen molar-refractivity contribution in [2.45, 2.75) is 116 Å². The molecule has 0 N–H and O–H groups in total. The Hall–Kier alpha value is -2.16. The third-order valence-electron chi connectivity index (χ3n) is 14.9. The van der Waals surface area contributed by atoms with Gasteiger partial charge in [-0.1, -0.05) is 69.2 Å². The molecule has 1 aromatic rings.